The molecule has 0 radical (unpaired) electrons. The van der Waals surface area contributed by atoms with E-state index in [0.717, 1.165) is 0 Å². The second-order valence-electron chi connectivity index (χ2n) is 6.06. The van der Waals surface area contributed by atoms with Crippen molar-refractivity contribution in [2.75, 3.05) is 6.54 Å². The number of amides is 2. The lowest BCUT2D eigenvalue weighted by atomic mass is 10.0. The van der Waals surface area contributed by atoms with Crippen LogP contribution in [0.25, 0.3) is 0 Å². The van der Waals surface area contributed by atoms with E-state index in [1.54, 1.807) is 0 Å². The van der Waals surface area contributed by atoms with E-state index in [1.165, 1.54) is 24.3 Å². The van der Waals surface area contributed by atoms with Crippen LogP contribution in [0.4, 0.5) is 8.78 Å². The minimum absolute atomic E-state index is 0.0200. The number of carbonyl (C=O) groups is 3. The number of alkyl halides is 2. The van der Waals surface area contributed by atoms with E-state index < -0.39 is 30.4 Å². The average molecular weight is 372 g/mol. The van der Waals surface area contributed by atoms with Crippen LogP contribution in [0.1, 0.15) is 25.8 Å². The number of ether oxygens (including phenoxy) is 1. The summed E-state index contributed by atoms with van der Waals surface area (Å²) in [5.41, 5.74) is 0.549. The van der Waals surface area contributed by atoms with Crippen LogP contribution in [-0.2, 0) is 20.8 Å². The Morgan fingerprint density at radius 2 is 1.73 bits per heavy atom. The quantitative estimate of drug-likeness (QED) is 0.578. The lowest BCUT2D eigenvalue weighted by Gasteiger charge is -2.16. The standard InChI is InChI=1S/C17H22F2N2O5/c1-10(2)7-13(16(24)25)21-15(23)9-20-14(22)8-11-3-5-12(6-4-11)26-17(18)19/h3-6,10,13,17H,7-9H2,1-2H3,(H,20,22)(H,21,23)(H,24,25)/t13-/m0/s1. The fraction of sp³-hybridized carbons (Fsp3) is 0.471. The molecule has 0 aliphatic heterocycles. The van der Waals surface area contributed by atoms with E-state index in [1.807, 2.05) is 13.8 Å². The first-order chi connectivity index (χ1) is 12.2. The fourth-order valence-electron chi connectivity index (χ4n) is 2.15. The van der Waals surface area contributed by atoms with E-state index in [0.29, 0.717) is 5.56 Å². The molecule has 0 spiro atoms. The Hall–Kier alpha value is -2.71. The maximum atomic E-state index is 12.1. The van der Waals surface area contributed by atoms with Crippen molar-refractivity contribution >= 4 is 17.8 Å². The first-order valence-corrected chi connectivity index (χ1v) is 8.00. The van der Waals surface area contributed by atoms with Gasteiger partial charge in [0.25, 0.3) is 0 Å². The van der Waals surface area contributed by atoms with E-state index in [4.69, 9.17) is 5.11 Å². The van der Waals surface area contributed by atoms with Crippen LogP contribution < -0.4 is 15.4 Å². The van der Waals surface area contributed by atoms with Gasteiger partial charge in [0.05, 0.1) is 13.0 Å². The third kappa shape index (κ3) is 8.41. The third-order valence-electron chi connectivity index (χ3n) is 3.30. The number of carbonyl (C=O) groups excluding carboxylic acids is 2. The minimum Gasteiger partial charge on any atom is -0.480 e. The molecule has 1 aromatic rings. The van der Waals surface area contributed by atoms with Gasteiger partial charge in [0.1, 0.15) is 11.8 Å². The minimum atomic E-state index is -2.92. The Morgan fingerprint density at radius 3 is 2.23 bits per heavy atom. The van der Waals surface area contributed by atoms with Gasteiger partial charge in [-0.25, -0.2) is 4.79 Å². The maximum absolute atomic E-state index is 12.1. The van der Waals surface area contributed by atoms with Crippen molar-refractivity contribution in [1.82, 2.24) is 10.6 Å². The van der Waals surface area contributed by atoms with Crippen molar-refractivity contribution < 1.29 is 33.0 Å². The monoisotopic (exact) mass is 372 g/mol. The number of carboxylic acids is 1. The molecule has 0 bridgehead atoms. The van der Waals surface area contributed by atoms with Crippen molar-refractivity contribution in [1.29, 1.82) is 0 Å². The Balaban J connectivity index is 2.43. The lowest BCUT2D eigenvalue weighted by Crippen LogP contribution is -2.46. The van der Waals surface area contributed by atoms with Gasteiger partial charge in [0.2, 0.25) is 11.8 Å². The van der Waals surface area contributed by atoms with Crippen LogP contribution in [0, 0.1) is 5.92 Å². The molecule has 144 valence electrons. The first-order valence-electron chi connectivity index (χ1n) is 8.00. The largest absolute Gasteiger partial charge is 0.480 e. The van der Waals surface area contributed by atoms with Gasteiger partial charge in [0, 0.05) is 0 Å². The zero-order chi connectivity index (χ0) is 19.7. The fourth-order valence-corrected chi connectivity index (χ4v) is 2.15. The van der Waals surface area contributed by atoms with Crippen LogP contribution in [0.15, 0.2) is 24.3 Å². The highest BCUT2D eigenvalue weighted by atomic mass is 19.3. The molecule has 1 atom stereocenters. The van der Waals surface area contributed by atoms with Crippen molar-refractivity contribution in [3.63, 3.8) is 0 Å². The highest BCUT2D eigenvalue weighted by molar-refractivity contribution is 5.88. The molecule has 9 heteroatoms. The number of halogens is 2. The predicted octanol–water partition coefficient (Wildman–Crippen LogP) is 1.56. The van der Waals surface area contributed by atoms with Gasteiger partial charge in [-0.15, -0.1) is 0 Å². The summed E-state index contributed by atoms with van der Waals surface area (Å²) in [5, 5.41) is 13.8. The summed E-state index contributed by atoms with van der Waals surface area (Å²) in [4.78, 5) is 34.7. The third-order valence-corrected chi connectivity index (χ3v) is 3.30. The predicted molar refractivity (Wildman–Crippen MR) is 88.8 cm³/mol. The summed E-state index contributed by atoms with van der Waals surface area (Å²) < 4.78 is 28.3. The SMILES string of the molecule is CC(C)C[C@H](NC(=O)CNC(=O)Cc1ccc(OC(F)F)cc1)C(=O)O. The zero-order valence-corrected chi connectivity index (χ0v) is 14.5. The molecule has 0 aromatic heterocycles. The molecule has 0 aliphatic rings. The van der Waals surface area contributed by atoms with E-state index in [9.17, 15) is 23.2 Å². The van der Waals surface area contributed by atoms with Crippen LogP contribution in [0.2, 0.25) is 0 Å². The van der Waals surface area contributed by atoms with Crippen LogP contribution >= 0.6 is 0 Å². The van der Waals surface area contributed by atoms with Gasteiger partial charge in [-0.2, -0.15) is 8.78 Å². The molecule has 26 heavy (non-hydrogen) atoms. The Kier molecular flexibility index (Phi) is 8.47. The van der Waals surface area contributed by atoms with Gasteiger partial charge in [-0.05, 0) is 30.0 Å². The Bertz CT molecular complexity index is 620. The van der Waals surface area contributed by atoms with Gasteiger partial charge >= 0.3 is 12.6 Å². The summed E-state index contributed by atoms with van der Waals surface area (Å²) in [7, 11) is 0. The summed E-state index contributed by atoms with van der Waals surface area (Å²) in [6, 6.07) is 4.53. The Morgan fingerprint density at radius 1 is 1.12 bits per heavy atom. The molecule has 0 fully saturated rings. The second kappa shape index (κ2) is 10.3. The number of hydrogen-bond donors (Lipinski definition) is 3. The Labute approximate surface area is 149 Å². The van der Waals surface area contributed by atoms with Gasteiger partial charge in [-0.3, -0.25) is 9.59 Å². The molecule has 3 N–H and O–H groups in total. The molecule has 1 aromatic carbocycles. The normalized spacial score (nSPS) is 11.9. The van der Waals surface area contributed by atoms with Crippen molar-refractivity contribution in [2.24, 2.45) is 5.92 Å². The number of rotatable bonds is 10. The van der Waals surface area contributed by atoms with Gasteiger partial charge in [0.15, 0.2) is 0 Å². The summed E-state index contributed by atoms with van der Waals surface area (Å²) in [6.07, 6.45) is 0.221. The lowest BCUT2D eigenvalue weighted by molar-refractivity contribution is -0.142. The van der Waals surface area contributed by atoms with Crippen molar-refractivity contribution in [2.45, 2.75) is 39.3 Å². The zero-order valence-electron chi connectivity index (χ0n) is 14.5. The van der Waals surface area contributed by atoms with Gasteiger partial charge < -0.3 is 20.5 Å². The van der Waals surface area contributed by atoms with Crippen molar-refractivity contribution in [3.8, 4) is 5.75 Å². The van der Waals surface area contributed by atoms with Crippen LogP contribution in [-0.4, -0.2) is 42.1 Å². The van der Waals surface area contributed by atoms with Gasteiger partial charge in [-0.1, -0.05) is 26.0 Å². The molecule has 7 nitrogen and oxygen atoms in total. The van der Waals surface area contributed by atoms with Crippen LogP contribution in [0.3, 0.4) is 0 Å². The molecular weight excluding hydrogens is 350 g/mol. The van der Waals surface area contributed by atoms with E-state index in [-0.39, 0.29) is 31.1 Å². The summed E-state index contributed by atoms with van der Waals surface area (Å²) in [6.45, 7) is 0.393. The molecule has 0 heterocycles. The number of benzene rings is 1. The molecule has 0 aliphatic carbocycles. The average Bonchev–Trinajstić information content (AvgIpc) is 2.53. The molecule has 0 unspecified atom stereocenters. The molecular formula is C17H22F2N2O5. The number of aliphatic carboxylic acids is 1. The molecule has 1 rings (SSSR count). The molecule has 0 saturated carbocycles. The smallest absolute Gasteiger partial charge is 0.387 e. The summed E-state index contributed by atoms with van der Waals surface area (Å²) in [5.74, 6) is -2.13. The highest BCUT2D eigenvalue weighted by Gasteiger charge is 2.21. The second-order valence-corrected chi connectivity index (χ2v) is 6.06. The van der Waals surface area contributed by atoms with E-state index >= 15 is 0 Å². The molecule has 0 saturated heterocycles. The van der Waals surface area contributed by atoms with Crippen molar-refractivity contribution in [3.05, 3.63) is 29.8 Å². The molecule has 2 amide bonds. The van der Waals surface area contributed by atoms with E-state index in [2.05, 4.69) is 15.4 Å². The number of hydrogen-bond acceptors (Lipinski definition) is 4. The summed E-state index contributed by atoms with van der Waals surface area (Å²) >= 11 is 0. The topological polar surface area (TPSA) is 105 Å². The maximum Gasteiger partial charge on any atom is 0.387 e. The first kappa shape index (κ1) is 21.3. The number of nitrogens with one attached hydrogen (secondary N) is 2. The van der Waals surface area contributed by atoms with Crippen LogP contribution in [0.5, 0.6) is 5.75 Å². The number of carboxylic acid groups (broad SMARTS) is 1. The highest BCUT2D eigenvalue weighted by Crippen LogP contribution is 2.15.